The Morgan fingerprint density at radius 3 is 1.87 bits per heavy atom. The molecule has 11 rings (SSSR count). The zero-order chi connectivity index (χ0) is 35.6. The lowest BCUT2D eigenvalue weighted by Gasteiger charge is -2.26. The molecular weight excluding hydrogens is 663 g/mol. The SMILES string of the molecule is c1ccc(-c2nc3c(ccc4oc5cc(-c6ccc(N(c7ccccc7)c7ccc8c(c7)c7ccccc7n8-c7ccccc7)cc6)ccc5c43)o2)cc1. The Morgan fingerprint density at radius 1 is 0.407 bits per heavy atom. The van der Waals surface area contributed by atoms with Gasteiger partial charge < -0.3 is 18.3 Å². The van der Waals surface area contributed by atoms with Crippen LogP contribution in [0.1, 0.15) is 0 Å². The Morgan fingerprint density at radius 2 is 1.06 bits per heavy atom. The van der Waals surface area contributed by atoms with Crippen LogP contribution in [0.5, 0.6) is 0 Å². The second-order valence-electron chi connectivity index (χ2n) is 13.6. The maximum Gasteiger partial charge on any atom is 0.227 e. The number of para-hydroxylation sites is 3. The third kappa shape index (κ3) is 4.83. The van der Waals surface area contributed by atoms with Crippen LogP contribution < -0.4 is 4.90 Å². The molecule has 0 unspecified atom stereocenters. The van der Waals surface area contributed by atoms with Crippen molar-refractivity contribution in [1.82, 2.24) is 9.55 Å². The minimum Gasteiger partial charge on any atom is -0.456 e. The van der Waals surface area contributed by atoms with E-state index in [9.17, 15) is 0 Å². The van der Waals surface area contributed by atoms with E-state index in [1.54, 1.807) is 0 Å². The first kappa shape index (κ1) is 30.3. The summed E-state index contributed by atoms with van der Waals surface area (Å²) in [6, 6.07) is 65.7. The molecule has 5 heteroatoms. The van der Waals surface area contributed by atoms with E-state index in [1.807, 2.05) is 42.5 Å². The smallest absolute Gasteiger partial charge is 0.227 e. The topological polar surface area (TPSA) is 47.3 Å². The Kier molecular flexibility index (Phi) is 6.79. The fourth-order valence-corrected chi connectivity index (χ4v) is 7.92. The van der Waals surface area contributed by atoms with Crippen molar-refractivity contribution in [2.75, 3.05) is 4.90 Å². The highest BCUT2D eigenvalue weighted by Gasteiger charge is 2.19. The number of anilines is 3. The lowest BCUT2D eigenvalue weighted by molar-refractivity contribution is 0.619. The van der Waals surface area contributed by atoms with Crippen molar-refractivity contribution in [3.63, 3.8) is 0 Å². The Labute approximate surface area is 310 Å². The van der Waals surface area contributed by atoms with Gasteiger partial charge >= 0.3 is 0 Å². The summed E-state index contributed by atoms with van der Waals surface area (Å²) in [5.41, 5.74) is 13.1. The van der Waals surface area contributed by atoms with Crippen molar-refractivity contribution < 1.29 is 8.83 Å². The maximum atomic E-state index is 6.42. The van der Waals surface area contributed by atoms with Gasteiger partial charge in [0.2, 0.25) is 5.89 Å². The third-order valence-corrected chi connectivity index (χ3v) is 10.4. The van der Waals surface area contributed by atoms with E-state index in [0.29, 0.717) is 5.89 Å². The van der Waals surface area contributed by atoms with Gasteiger partial charge in [0.1, 0.15) is 16.7 Å². The molecule has 0 amide bonds. The van der Waals surface area contributed by atoms with Crippen molar-refractivity contribution in [2.45, 2.75) is 0 Å². The molecule has 11 aromatic rings. The van der Waals surface area contributed by atoms with Crippen LogP contribution in [0.15, 0.2) is 197 Å². The van der Waals surface area contributed by atoms with Gasteiger partial charge in [0, 0.05) is 44.5 Å². The molecule has 0 atom stereocenters. The largest absolute Gasteiger partial charge is 0.456 e. The van der Waals surface area contributed by atoms with Gasteiger partial charge in [0.25, 0.3) is 0 Å². The van der Waals surface area contributed by atoms with Gasteiger partial charge in [-0.25, -0.2) is 4.98 Å². The number of hydrogen-bond acceptors (Lipinski definition) is 4. The Balaban J connectivity index is 0.987. The highest BCUT2D eigenvalue weighted by molar-refractivity contribution is 6.17. The Hall–Kier alpha value is -7.37. The number of oxazole rings is 1. The minimum atomic E-state index is 0.604. The molecule has 0 radical (unpaired) electrons. The Bertz CT molecular complexity index is 3140. The van der Waals surface area contributed by atoms with Crippen molar-refractivity contribution in [3.8, 4) is 28.3 Å². The first-order valence-electron chi connectivity index (χ1n) is 18.1. The first-order valence-corrected chi connectivity index (χ1v) is 18.1. The molecule has 0 bridgehead atoms. The van der Waals surface area contributed by atoms with E-state index in [0.717, 1.165) is 72.5 Å². The molecule has 5 nitrogen and oxygen atoms in total. The highest BCUT2D eigenvalue weighted by atomic mass is 16.4. The summed E-state index contributed by atoms with van der Waals surface area (Å²) in [5, 5.41) is 4.42. The van der Waals surface area contributed by atoms with Crippen LogP contribution in [0.2, 0.25) is 0 Å². The summed E-state index contributed by atoms with van der Waals surface area (Å²) in [7, 11) is 0. The van der Waals surface area contributed by atoms with Gasteiger partial charge in [-0.1, -0.05) is 91.0 Å². The zero-order valence-corrected chi connectivity index (χ0v) is 29.1. The van der Waals surface area contributed by atoms with Crippen molar-refractivity contribution in [3.05, 3.63) is 188 Å². The van der Waals surface area contributed by atoms with Gasteiger partial charge in [0.05, 0.1) is 16.4 Å². The number of rotatable bonds is 6. The van der Waals surface area contributed by atoms with Crippen LogP contribution in [-0.2, 0) is 0 Å². The number of furan rings is 1. The zero-order valence-electron chi connectivity index (χ0n) is 29.1. The quantitative estimate of drug-likeness (QED) is 0.174. The monoisotopic (exact) mass is 693 g/mol. The summed E-state index contributed by atoms with van der Waals surface area (Å²) in [6.07, 6.45) is 0. The molecule has 0 saturated heterocycles. The third-order valence-electron chi connectivity index (χ3n) is 10.4. The first-order chi connectivity index (χ1) is 26.8. The van der Waals surface area contributed by atoms with Crippen LogP contribution in [0.3, 0.4) is 0 Å². The van der Waals surface area contributed by atoms with Gasteiger partial charge in [-0.2, -0.15) is 0 Å². The van der Waals surface area contributed by atoms with Crippen molar-refractivity contribution in [2.24, 2.45) is 0 Å². The van der Waals surface area contributed by atoms with Crippen molar-refractivity contribution >= 4 is 71.9 Å². The van der Waals surface area contributed by atoms with E-state index >= 15 is 0 Å². The van der Waals surface area contributed by atoms with Gasteiger partial charge in [-0.05, 0) is 108 Å². The van der Waals surface area contributed by atoms with Crippen LogP contribution in [0.4, 0.5) is 17.1 Å². The summed E-state index contributed by atoms with van der Waals surface area (Å²) in [5.74, 6) is 0.604. The average molecular weight is 694 g/mol. The summed E-state index contributed by atoms with van der Waals surface area (Å²) in [6.45, 7) is 0. The molecule has 0 aliphatic carbocycles. The standard InChI is InChI=1S/C49H31N3O2/c1-4-12-33(13-5-1)49-50-48-45(54-49)29-28-44-47(48)40-26-22-34(30-46(40)53-44)32-20-23-37(24-21-32)51(35-14-6-2-7-15-35)38-25-27-43-41(31-38)39-18-10-11-19-42(39)52(43)36-16-8-3-9-17-36/h1-31H. The molecular formula is C49H31N3O2. The van der Waals surface area contributed by atoms with E-state index in [2.05, 4.69) is 155 Å². The van der Waals surface area contributed by atoms with E-state index in [1.165, 1.54) is 21.8 Å². The molecule has 0 saturated carbocycles. The average Bonchev–Trinajstić information content (AvgIpc) is 3.94. The number of nitrogens with zero attached hydrogens (tertiary/aromatic N) is 3. The lowest BCUT2D eigenvalue weighted by Crippen LogP contribution is -2.09. The number of aromatic nitrogens is 2. The van der Waals surface area contributed by atoms with E-state index in [-0.39, 0.29) is 0 Å². The predicted octanol–water partition coefficient (Wildman–Crippen LogP) is 13.6. The van der Waals surface area contributed by atoms with Crippen LogP contribution in [0.25, 0.3) is 83.1 Å². The molecule has 54 heavy (non-hydrogen) atoms. The number of benzene rings is 8. The normalized spacial score (nSPS) is 11.7. The lowest BCUT2D eigenvalue weighted by atomic mass is 10.0. The molecule has 3 heterocycles. The van der Waals surface area contributed by atoms with Gasteiger partial charge in [-0.3, -0.25) is 0 Å². The van der Waals surface area contributed by atoms with E-state index < -0.39 is 0 Å². The van der Waals surface area contributed by atoms with Crippen LogP contribution >= 0.6 is 0 Å². The molecule has 0 spiro atoms. The van der Waals surface area contributed by atoms with Crippen LogP contribution in [0, 0.1) is 0 Å². The molecule has 8 aromatic carbocycles. The summed E-state index contributed by atoms with van der Waals surface area (Å²) >= 11 is 0. The maximum absolute atomic E-state index is 6.42. The van der Waals surface area contributed by atoms with Crippen LogP contribution in [-0.4, -0.2) is 9.55 Å². The number of fused-ring (bicyclic) bond motifs is 8. The molecule has 0 N–H and O–H groups in total. The fourth-order valence-electron chi connectivity index (χ4n) is 7.92. The van der Waals surface area contributed by atoms with Crippen molar-refractivity contribution in [1.29, 1.82) is 0 Å². The van der Waals surface area contributed by atoms with E-state index in [4.69, 9.17) is 13.8 Å². The second kappa shape index (κ2) is 12.1. The summed E-state index contributed by atoms with van der Waals surface area (Å²) < 4.78 is 14.9. The minimum absolute atomic E-state index is 0.604. The highest BCUT2D eigenvalue weighted by Crippen LogP contribution is 2.41. The van der Waals surface area contributed by atoms with Gasteiger partial charge in [0.15, 0.2) is 5.58 Å². The molecule has 0 aliphatic heterocycles. The number of hydrogen-bond donors (Lipinski definition) is 0. The van der Waals surface area contributed by atoms with Gasteiger partial charge in [-0.15, -0.1) is 0 Å². The predicted molar refractivity (Wildman–Crippen MR) is 221 cm³/mol. The molecule has 0 fully saturated rings. The second-order valence-corrected chi connectivity index (χ2v) is 13.6. The molecule has 254 valence electrons. The summed E-state index contributed by atoms with van der Waals surface area (Å²) in [4.78, 5) is 7.23. The molecule has 0 aliphatic rings. The molecule has 3 aromatic heterocycles. The fraction of sp³-hybridized carbons (Fsp3) is 0.